The van der Waals surface area contributed by atoms with Crippen molar-refractivity contribution in [1.82, 2.24) is 10.2 Å². The lowest BCUT2D eigenvalue weighted by Gasteiger charge is -2.27. The Balaban J connectivity index is 2.09. The largest absolute Gasteiger partial charge is 0.486 e. The van der Waals surface area contributed by atoms with Crippen LogP contribution in [0.25, 0.3) is 0 Å². The van der Waals surface area contributed by atoms with Gasteiger partial charge in [0.25, 0.3) is 0 Å². The molecule has 0 saturated heterocycles. The number of hydrogen-bond donors (Lipinski definition) is 1. The lowest BCUT2D eigenvalue weighted by molar-refractivity contribution is -0.129. The van der Waals surface area contributed by atoms with Gasteiger partial charge in [-0.25, -0.2) is 0 Å². The van der Waals surface area contributed by atoms with Gasteiger partial charge >= 0.3 is 0 Å². The highest BCUT2D eigenvalue weighted by Crippen LogP contribution is 2.42. The number of carbonyl (C=O) groups excluding carboxylic acids is 1. The van der Waals surface area contributed by atoms with Gasteiger partial charge in [-0.1, -0.05) is 18.2 Å². The van der Waals surface area contributed by atoms with Crippen molar-refractivity contribution in [3.8, 4) is 5.75 Å². The molecule has 1 N–H and O–H groups in total. The fraction of sp³-hybridized carbons (Fsp3) is 0.533. The molecule has 1 atom stereocenters. The van der Waals surface area contributed by atoms with E-state index in [9.17, 15) is 4.79 Å². The third-order valence-corrected chi connectivity index (χ3v) is 3.66. The van der Waals surface area contributed by atoms with Gasteiger partial charge < -0.3 is 9.64 Å². The monoisotopic (exact) mass is 262 g/mol. The first-order chi connectivity index (χ1) is 8.95. The van der Waals surface area contributed by atoms with Crippen molar-refractivity contribution in [3.63, 3.8) is 0 Å². The van der Waals surface area contributed by atoms with Crippen molar-refractivity contribution < 1.29 is 9.53 Å². The van der Waals surface area contributed by atoms with Crippen molar-refractivity contribution in [2.24, 2.45) is 0 Å². The van der Waals surface area contributed by atoms with Gasteiger partial charge in [0.2, 0.25) is 5.91 Å². The van der Waals surface area contributed by atoms with Gasteiger partial charge in [-0.15, -0.1) is 0 Å². The van der Waals surface area contributed by atoms with Crippen molar-refractivity contribution in [2.45, 2.75) is 32.4 Å². The van der Waals surface area contributed by atoms with E-state index in [-0.39, 0.29) is 17.6 Å². The molecule has 0 bridgehead atoms. The van der Waals surface area contributed by atoms with Crippen LogP contribution in [0.3, 0.4) is 0 Å². The van der Waals surface area contributed by atoms with Crippen LogP contribution in [-0.2, 0) is 4.79 Å². The summed E-state index contributed by atoms with van der Waals surface area (Å²) in [7, 11) is 1.81. The van der Waals surface area contributed by atoms with Gasteiger partial charge in [0.15, 0.2) is 0 Å². The number of para-hydroxylation sites is 1. The van der Waals surface area contributed by atoms with Gasteiger partial charge in [0, 0.05) is 19.2 Å². The molecule has 19 heavy (non-hydrogen) atoms. The molecule has 1 aromatic carbocycles. The molecule has 1 amide bonds. The molecule has 1 aromatic rings. The smallest absolute Gasteiger partial charge is 0.236 e. The Morgan fingerprint density at radius 2 is 2.11 bits per heavy atom. The van der Waals surface area contributed by atoms with Crippen molar-refractivity contribution in [3.05, 3.63) is 29.8 Å². The van der Waals surface area contributed by atoms with Crippen LogP contribution in [0.2, 0.25) is 0 Å². The lowest BCUT2D eigenvalue weighted by atomic mass is 9.94. The van der Waals surface area contributed by atoms with E-state index >= 15 is 0 Å². The van der Waals surface area contributed by atoms with Crippen molar-refractivity contribution in [1.29, 1.82) is 0 Å². The van der Waals surface area contributed by atoms with Crippen LogP contribution in [0, 0.1) is 0 Å². The van der Waals surface area contributed by atoms with E-state index in [0.29, 0.717) is 6.54 Å². The summed E-state index contributed by atoms with van der Waals surface area (Å²) >= 11 is 0. The Labute approximate surface area is 114 Å². The number of carbonyl (C=O) groups is 1. The number of likely N-dealkylation sites (N-methyl/N-ethyl adjacent to an activating group) is 1. The summed E-state index contributed by atoms with van der Waals surface area (Å²) in [5.74, 6) is 1.00. The van der Waals surface area contributed by atoms with Crippen LogP contribution < -0.4 is 10.1 Å². The molecular formula is C15H22N2O2. The zero-order valence-electron chi connectivity index (χ0n) is 12.1. The molecule has 0 radical (unpaired) electrons. The van der Waals surface area contributed by atoms with Crippen LogP contribution in [0.5, 0.6) is 5.75 Å². The minimum atomic E-state index is -0.339. The molecule has 1 heterocycles. The molecule has 2 rings (SSSR count). The van der Waals surface area contributed by atoms with E-state index in [1.54, 1.807) is 4.90 Å². The Morgan fingerprint density at radius 3 is 2.79 bits per heavy atom. The Morgan fingerprint density at radius 1 is 1.42 bits per heavy atom. The number of hydrogen-bond acceptors (Lipinski definition) is 3. The van der Waals surface area contributed by atoms with E-state index in [1.165, 1.54) is 0 Å². The topological polar surface area (TPSA) is 41.6 Å². The van der Waals surface area contributed by atoms with E-state index in [2.05, 4.69) is 11.4 Å². The third kappa shape index (κ3) is 2.73. The van der Waals surface area contributed by atoms with E-state index < -0.39 is 0 Å². The van der Waals surface area contributed by atoms with Crippen LogP contribution in [0.1, 0.15) is 32.4 Å². The average molecular weight is 262 g/mol. The molecule has 0 aliphatic carbocycles. The number of amides is 1. The maximum Gasteiger partial charge on any atom is 0.236 e. The first kappa shape index (κ1) is 13.9. The fourth-order valence-electron chi connectivity index (χ4n) is 2.39. The summed E-state index contributed by atoms with van der Waals surface area (Å²) in [6.07, 6.45) is 0. The summed E-state index contributed by atoms with van der Waals surface area (Å²) in [5.41, 5.74) is 0.786. The Hall–Kier alpha value is -1.55. The Kier molecular flexibility index (Phi) is 3.80. The molecule has 4 heteroatoms. The quantitative estimate of drug-likeness (QED) is 0.902. The zero-order chi connectivity index (χ0) is 14.0. The van der Waals surface area contributed by atoms with Crippen molar-refractivity contribution in [2.75, 3.05) is 20.1 Å². The van der Waals surface area contributed by atoms with Crippen molar-refractivity contribution >= 4 is 5.91 Å². The molecular weight excluding hydrogens is 240 g/mol. The van der Waals surface area contributed by atoms with Gasteiger partial charge in [-0.2, -0.15) is 0 Å². The molecule has 1 unspecified atom stereocenters. The fourth-order valence-corrected chi connectivity index (χ4v) is 2.39. The second kappa shape index (κ2) is 5.21. The molecule has 4 nitrogen and oxygen atoms in total. The van der Waals surface area contributed by atoms with Gasteiger partial charge in [0.05, 0.1) is 12.6 Å². The van der Waals surface area contributed by atoms with E-state index in [1.807, 2.05) is 46.0 Å². The normalized spacial score (nSPS) is 19.7. The molecule has 1 aliphatic heterocycles. The van der Waals surface area contributed by atoms with Crippen LogP contribution in [-0.4, -0.2) is 36.5 Å². The van der Waals surface area contributed by atoms with Crippen LogP contribution in [0.15, 0.2) is 24.3 Å². The second-order valence-corrected chi connectivity index (χ2v) is 5.47. The van der Waals surface area contributed by atoms with E-state index in [4.69, 9.17) is 4.74 Å². The molecule has 0 fully saturated rings. The van der Waals surface area contributed by atoms with Gasteiger partial charge in [-0.3, -0.25) is 10.1 Å². The highest BCUT2D eigenvalue weighted by molar-refractivity contribution is 5.78. The maximum atomic E-state index is 11.9. The summed E-state index contributed by atoms with van der Waals surface area (Å²) in [4.78, 5) is 13.6. The predicted molar refractivity (Wildman–Crippen MR) is 75.2 cm³/mol. The number of nitrogens with zero attached hydrogens (tertiary/aromatic N) is 1. The first-order valence-corrected chi connectivity index (χ1v) is 6.71. The summed E-state index contributed by atoms with van der Waals surface area (Å²) < 4.78 is 5.94. The SMILES string of the molecule is CCN(C)C(=O)CNC1c2ccccc2OC1(C)C. The zero-order valence-corrected chi connectivity index (χ0v) is 12.1. The molecule has 0 aromatic heterocycles. The number of benzene rings is 1. The van der Waals surface area contributed by atoms with Crippen LogP contribution >= 0.6 is 0 Å². The first-order valence-electron chi connectivity index (χ1n) is 6.71. The minimum Gasteiger partial charge on any atom is -0.486 e. The van der Waals surface area contributed by atoms with E-state index in [0.717, 1.165) is 17.9 Å². The standard InChI is InChI=1S/C15H22N2O2/c1-5-17(4)13(18)10-16-14-11-8-6-7-9-12(11)19-15(14,2)3/h6-9,14,16H,5,10H2,1-4H3. The minimum absolute atomic E-state index is 0.0397. The summed E-state index contributed by atoms with van der Waals surface area (Å²) in [6.45, 7) is 7.10. The molecule has 0 spiro atoms. The molecule has 104 valence electrons. The Bertz CT molecular complexity index is 471. The highest BCUT2D eigenvalue weighted by Gasteiger charge is 2.40. The lowest BCUT2D eigenvalue weighted by Crippen LogP contribution is -2.43. The molecule has 0 saturated carbocycles. The number of ether oxygens (including phenoxy) is 1. The maximum absolute atomic E-state index is 11.9. The summed E-state index contributed by atoms with van der Waals surface area (Å²) in [5, 5.41) is 3.33. The second-order valence-electron chi connectivity index (χ2n) is 5.47. The number of rotatable bonds is 4. The molecule has 1 aliphatic rings. The van der Waals surface area contributed by atoms with Crippen LogP contribution in [0.4, 0.5) is 0 Å². The average Bonchev–Trinajstić information content (AvgIpc) is 2.64. The van der Waals surface area contributed by atoms with Gasteiger partial charge in [-0.05, 0) is 26.8 Å². The summed E-state index contributed by atoms with van der Waals surface area (Å²) in [6, 6.07) is 8.03. The predicted octanol–water partition coefficient (Wildman–Crippen LogP) is 1.97. The van der Waals surface area contributed by atoms with Gasteiger partial charge in [0.1, 0.15) is 11.4 Å². The number of nitrogens with one attached hydrogen (secondary N) is 1. The highest BCUT2D eigenvalue weighted by atomic mass is 16.5. The number of fused-ring (bicyclic) bond motifs is 1. The third-order valence-electron chi connectivity index (χ3n) is 3.66.